The molecule has 0 amide bonds. The van der Waals surface area contributed by atoms with Crippen molar-refractivity contribution in [2.45, 2.75) is 6.10 Å². The van der Waals surface area contributed by atoms with Gasteiger partial charge in [-0.1, -0.05) is 24.3 Å². The average Bonchev–Trinajstić information content (AvgIpc) is 2.46. The molecule has 0 saturated carbocycles. The number of carbonyl (C=O) groups is 1. The minimum Gasteiger partial charge on any atom is -0.508 e. The van der Waals surface area contributed by atoms with E-state index in [1.165, 1.54) is 48.5 Å². The number of carbonyl (C=O) groups excluding carboxylic acids is 1. The van der Waals surface area contributed by atoms with Gasteiger partial charge >= 0.3 is 7.12 Å². The second-order valence-electron chi connectivity index (χ2n) is 4.35. The summed E-state index contributed by atoms with van der Waals surface area (Å²) in [6.45, 7) is 0. The Hall–Kier alpha value is -2.15. The number of aliphatic hydroxyl groups excluding tert-OH is 1. The van der Waals surface area contributed by atoms with Gasteiger partial charge in [-0.25, -0.2) is 0 Å². The van der Waals surface area contributed by atoms with Gasteiger partial charge in [0.05, 0.1) is 0 Å². The zero-order chi connectivity index (χ0) is 14.7. The molecule has 2 aromatic carbocycles. The van der Waals surface area contributed by atoms with E-state index in [1.54, 1.807) is 0 Å². The highest BCUT2D eigenvalue weighted by atomic mass is 16.4. The first-order valence-electron chi connectivity index (χ1n) is 5.96. The Morgan fingerprint density at radius 3 is 2.00 bits per heavy atom. The number of aromatic hydroxyl groups is 1. The summed E-state index contributed by atoms with van der Waals surface area (Å²) in [5, 5.41) is 37.1. The van der Waals surface area contributed by atoms with Crippen molar-refractivity contribution in [2.75, 3.05) is 0 Å². The van der Waals surface area contributed by atoms with E-state index in [-0.39, 0.29) is 16.8 Å². The number of phenolic OH excluding ortho intramolecular Hbond substituents is 1. The minimum absolute atomic E-state index is 0.0392. The normalized spacial score (nSPS) is 11.9. The lowest BCUT2D eigenvalue weighted by Crippen LogP contribution is -2.29. The highest BCUT2D eigenvalue weighted by Gasteiger charge is 2.20. The summed E-state index contributed by atoms with van der Waals surface area (Å²) in [6, 6.07) is 11.3. The van der Waals surface area contributed by atoms with Gasteiger partial charge in [0.15, 0.2) is 5.78 Å². The number of ketones is 1. The first kappa shape index (κ1) is 14.3. The molecule has 0 aliphatic carbocycles. The summed E-state index contributed by atoms with van der Waals surface area (Å²) in [6.07, 6.45) is -1.34. The molecule has 2 aromatic rings. The van der Waals surface area contributed by atoms with Crippen molar-refractivity contribution in [2.24, 2.45) is 0 Å². The predicted molar refractivity (Wildman–Crippen MR) is 73.7 cm³/mol. The van der Waals surface area contributed by atoms with Crippen molar-refractivity contribution in [1.82, 2.24) is 0 Å². The van der Waals surface area contributed by atoms with Crippen molar-refractivity contribution in [3.63, 3.8) is 0 Å². The van der Waals surface area contributed by atoms with Crippen LogP contribution >= 0.6 is 0 Å². The lowest BCUT2D eigenvalue weighted by molar-refractivity contribution is 0.0747. The van der Waals surface area contributed by atoms with Gasteiger partial charge in [-0.15, -0.1) is 0 Å². The molecular weight excluding hydrogens is 259 g/mol. The molecule has 1 unspecified atom stereocenters. The molecule has 0 spiro atoms. The number of benzene rings is 2. The van der Waals surface area contributed by atoms with Crippen LogP contribution in [0, 0.1) is 0 Å². The molecule has 0 aromatic heterocycles. The number of Topliss-reactive ketones (excluding diaryl/α,β-unsaturated/α-hetero) is 1. The van der Waals surface area contributed by atoms with E-state index in [2.05, 4.69) is 0 Å². The van der Waals surface area contributed by atoms with E-state index in [4.69, 9.17) is 15.2 Å². The molecule has 1 atom stereocenters. The summed E-state index contributed by atoms with van der Waals surface area (Å²) >= 11 is 0. The van der Waals surface area contributed by atoms with Crippen LogP contribution in [0.15, 0.2) is 48.5 Å². The summed E-state index contributed by atoms with van der Waals surface area (Å²) in [5.41, 5.74) is 0.909. The van der Waals surface area contributed by atoms with Gasteiger partial charge in [0.25, 0.3) is 0 Å². The van der Waals surface area contributed by atoms with Crippen molar-refractivity contribution in [3.05, 3.63) is 59.7 Å². The van der Waals surface area contributed by atoms with E-state index in [0.717, 1.165) is 0 Å². The molecule has 5 nitrogen and oxygen atoms in total. The third kappa shape index (κ3) is 3.05. The van der Waals surface area contributed by atoms with E-state index in [9.17, 15) is 9.90 Å². The SMILES string of the molecule is O=C(c1ccc(O)cc1)C(O)c1ccc(B(O)O)cc1. The first-order chi connectivity index (χ1) is 9.49. The standard InChI is InChI=1S/C14H13BO5/c16-12-7-3-10(4-8-12)14(18)13(17)9-1-5-11(6-2-9)15(19)20/h1-8,13,16-17,19-20H. The van der Waals surface area contributed by atoms with Crippen LogP contribution in [0.5, 0.6) is 5.75 Å². The van der Waals surface area contributed by atoms with Crippen molar-refractivity contribution in [1.29, 1.82) is 0 Å². The van der Waals surface area contributed by atoms with Crippen LogP contribution in [-0.4, -0.2) is 33.2 Å². The van der Waals surface area contributed by atoms with Crippen LogP contribution in [0.25, 0.3) is 0 Å². The van der Waals surface area contributed by atoms with E-state index in [1.807, 2.05) is 0 Å². The van der Waals surface area contributed by atoms with E-state index in [0.29, 0.717) is 5.56 Å². The van der Waals surface area contributed by atoms with Crippen LogP contribution < -0.4 is 5.46 Å². The van der Waals surface area contributed by atoms with Crippen molar-refractivity contribution < 1.29 is 25.1 Å². The number of hydrogen-bond donors (Lipinski definition) is 4. The van der Waals surface area contributed by atoms with Gasteiger partial charge in [-0.2, -0.15) is 0 Å². The first-order valence-corrected chi connectivity index (χ1v) is 5.96. The molecule has 0 fully saturated rings. The van der Waals surface area contributed by atoms with Gasteiger partial charge in [-0.05, 0) is 35.3 Å². The molecular formula is C14H13BO5. The Labute approximate surface area is 115 Å². The fourth-order valence-electron chi connectivity index (χ4n) is 1.79. The third-order valence-electron chi connectivity index (χ3n) is 2.95. The van der Waals surface area contributed by atoms with Crippen LogP contribution in [0.4, 0.5) is 0 Å². The number of hydrogen-bond acceptors (Lipinski definition) is 5. The Kier molecular flexibility index (Phi) is 4.19. The Morgan fingerprint density at radius 2 is 1.50 bits per heavy atom. The molecule has 0 bridgehead atoms. The average molecular weight is 272 g/mol. The molecule has 0 saturated heterocycles. The monoisotopic (exact) mass is 272 g/mol. The number of rotatable bonds is 4. The van der Waals surface area contributed by atoms with E-state index >= 15 is 0 Å². The maximum absolute atomic E-state index is 12.0. The van der Waals surface area contributed by atoms with Gasteiger partial charge in [0.2, 0.25) is 0 Å². The van der Waals surface area contributed by atoms with Crippen LogP contribution in [0.1, 0.15) is 22.0 Å². The quantitative estimate of drug-likeness (QED) is 0.463. The number of phenols is 1. The highest BCUT2D eigenvalue weighted by Crippen LogP contribution is 2.19. The summed E-state index contributed by atoms with van der Waals surface area (Å²) < 4.78 is 0. The van der Waals surface area contributed by atoms with Gasteiger partial charge in [-0.3, -0.25) is 4.79 Å². The summed E-state index contributed by atoms with van der Waals surface area (Å²) in [5.74, 6) is -0.459. The fourth-order valence-corrected chi connectivity index (χ4v) is 1.79. The molecule has 0 aliphatic rings. The molecule has 20 heavy (non-hydrogen) atoms. The van der Waals surface area contributed by atoms with Crippen LogP contribution in [-0.2, 0) is 0 Å². The topological polar surface area (TPSA) is 98.0 Å². The Balaban J connectivity index is 2.19. The lowest BCUT2D eigenvalue weighted by atomic mass is 9.80. The smallest absolute Gasteiger partial charge is 0.488 e. The molecule has 102 valence electrons. The molecule has 0 heterocycles. The molecule has 0 radical (unpaired) electrons. The molecule has 4 N–H and O–H groups in total. The largest absolute Gasteiger partial charge is 0.508 e. The third-order valence-corrected chi connectivity index (χ3v) is 2.95. The predicted octanol–water partition coefficient (Wildman–Crippen LogP) is -0.0117. The fraction of sp³-hybridized carbons (Fsp3) is 0.0714. The Morgan fingerprint density at radius 1 is 0.950 bits per heavy atom. The second-order valence-corrected chi connectivity index (χ2v) is 4.35. The molecule has 6 heteroatoms. The van der Waals surface area contributed by atoms with Gasteiger partial charge in [0.1, 0.15) is 11.9 Å². The second kappa shape index (κ2) is 5.87. The van der Waals surface area contributed by atoms with Crippen LogP contribution in [0.3, 0.4) is 0 Å². The number of aliphatic hydroxyl groups is 1. The zero-order valence-electron chi connectivity index (χ0n) is 10.5. The zero-order valence-corrected chi connectivity index (χ0v) is 10.5. The molecule has 0 aliphatic heterocycles. The summed E-state index contributed by atoms with van der Waals surface area (Å²) in [7, 11) is -1.59. The van der Waals surface area contributed by atoms with E-state index < -0.39 is 19.0 Å². The highest BCUT2D eigenvalue weighted by molar-refractivity contribution is 6.58. The summed E-state index contributed by atoms with van der Waals surface area (Å²) in [4.78, 5) is 12.0. The maximum atomic E-state index is 12.0. The maximum Gasteiger partial charge on any atom is 0.488 e. The van der Waals surface area contributed by atoms with Gasteiger partial charge < -0.3 is 20.3 Å². The lowest BCUT2D eigenvalue weighted by Gasteiger charge is -2.11. The van der Waals surface area contributed by atoms with Crippen LogP contribution in [0.2, 0.25) is 0 Å². The molecule has 2 rings (SSSR count). The van der Waals surface area contributed by atoms with Gasteiger partial charge in [0, 0.05) is 5.56 Å². The Bertz CT molecular complexity index is 592. The van der Waals surface area contributed by atoms with Crippen molar-refractivity contribution in [3.8, 4) is 5.75 Å². The van der Waals surface area contributed by atoms with Crippen molar-refractivity contribution >= 4 is 18.4 Å². The minimum atomic E-state index is -1.59.